The van der Waals surface area contributed by atoms with E-state index >= 15 is 0 Å². The lowest BCUT2D eigenvalue weighted by molar-refractivity contribution is 0.0942. The molecular weight excluding hydrogens is 230 g/mol. The predicted octanol–water partition coefficient (Wildman–Crippen LogP) is 0.542. The average Bonchev–Trinajstić information content (AvgIpc) is 3.07. The summed E-state index contributed by atoms with van der Waals surface area (Å²) in [5.41, 5.74) is 6.40. The third-order valence-corrected chi connectivity index (χ3v) is 3.56. The fourth-order valence-corrected chi connectivity index (χ4v) is 2.11. The Morgan fingerprint density at radius 3 is 2.83 bits per heavy atom. The van der Waals surface area contributed by atoms with Crippen LogP contribution in [0.4, 0.5) is 0 Å². The quantitative estimate of drug-likeness (QED) is 0.711. The Morgan fingerprint density at radius 1 is 1.56 bits per heavy atom. The maximum Gasteiger partial charge on any atom is 0.256 e. The second-order valence-corrected chi connectivity index (χ2v) is 5.12. The van der Waals surface area contributed by atoms with E-state index in [4.69, 9.17) is 5.73 Å². The van der Waals surface area contributed by atoms with Crippen LogP contribution in [0.2, 0.25) is 0 Å². The van der Waals surface area contributed by atoms with Crippen molar-refractivity contribution in [1.29, 1.82) is 0 Å². The van der Waals surface area contributed by atoms with Gasteiger partial charge in [-0.25, -0.2) is 0 Å². The number of nitrogens with one attached hydrogen (secondary N) is 2. The molecule has 1 amide bonds. The molecule has 0 aliphatic heterocycles. The zero-order valence-electron chi connectivity index (χ0n) is 10.6. The van der Waals surface area contributed by atoms with Crippen LogP contribution in [0.3, 0.4) is 0 Å². The summed E-state index contributed by atoms with van der Waals surface area (Å²) in [5.74, 6) is -0.306. The number of amides is 1. The number of aromatic amines is 1. The molecule has 1 fully saturated rings. The van der Waals surface area contributed by atoms with Gasteiger partial charge in [-0.2, -0.15) is 0 Å². The van der Waals surface area contributed by atoms with Crippen LogP contribution < -0.4 is 16.5 Å². The van der Waals surface area contributed by atoms with E-state index in [1.807, 2.05) is 0 Å². The van der Waals surface area contributed by atoms with E-state index in [0.29, 0.717) is 13.1 Å². The number of hydrogen-bond donors (Lipinski definition) is 3. The van der Waals surface area contributed by atoms with Gasteiger partial charge in [-0.15, -0.1) is 0 Å². The number of rotatable bonds is 5. The fraction of sp³-hybridized carbons (Fsp3) is 0.538. The molecule has 98 valence electrons. The first-order valence-electron chi connectivity index (χ1n) is 6.24. The molecule has 5 heteroatoms. The Kier molecular flexibility index (Phi) is 3.52. The summed E-state index contributed by atoms with van der Waals surface area (Å²) < 4.78 is 0. The van der Waals surface area contributed by atoms with E-state index in [0.717, 1.165) is 25.0 Å². The largest absolute Gasteiger partial charge is 0.364 e. The molecule has 0 radical (unpaired) electrons. The summed E-state index contributed by atoms with van der Waals surface area (Å²) in [6.07, 6.45) is 4.61. The molecule has 5 nitrogen and oxygen atoms in total. The molecule has 0 atom stereocenters. The molecule has 1 aromatic rings. The smallest absolute Gasteiger partial charge is 0.256 e. The number of nitrogens with two attached hydrogens (primary N) is 1. The van der Waals surface area contributed by atoms with E-state index in [9.17, 15) is 9.59 Å². The van der Waals surface area contributed by atoms with E-state index in [1.54, 1.807) is 6.92 Å². The highest BCUT2D eigenvalue weighted by molar-refractivity contribution is 5.93. The minimum Gasteiger partial charge on any atom is -0.364 e. The van der Waals surface area contributed by atoms with Crippen molar-refractivity contribution in [3.63, 3.8) is 0 Å². The highest BCUT2D eigenvalue weighted by Gasteiger charge is 2.41. The number of pyridine rings is 1. The number of carbonyl (C=O) groups is 1. The number of hydrogen-bond acceptors (Lipinski definition) is 3. The second-order valence-electron chi connectivity index (χ2n) is 5.12. The minimum absolute atomic E-state index is 0.171. The molecule has 1 aliphatic carbocycles. The van der Waals surface area contributed by atoms with Crippen molar-refractivity contribution < 1.29 is 4.79 Å². The Balaban J connectivity index is 1.98. The molecule has 0 spiro atoms. The Morgan fingerprint density at radius 2 is 2.28 bits per heavy atom. The summed E-state index contributed by atoms with van der Waals surface area (Å²) in [4.78, 5) is 26.4. The molecule has 2 rings (SSSR count). The topological polar surface area (TPSA) is 88.0 Å². The average molecular weight is 249 g/mol. The van der Waals surface area contributed by atoms with Crippen molar-refractivity contribution in [1.82, 2.24) is 10.3 Å². The van der Waals surface area contributed by atoms with Crippen LogP contribution in [0.25, 0.3) is 0 Å². The van der Waals surface area contributed by atoms with Gasteiger partial charge in [0.2, 0.25) is 0 Å². The van der Waals surface area contributed by atoms with Crippen LogP contribution in [0.1, 0.15) is 35.3 Å². The number of H-pyrrole nitrogens is 1. The zero-order valence-corrected chi connectivity index (χ0v) is 10.6. The van der Waals surface area contributed by atoms with Crippen LogP contribution in [0.5, 0.6) is 0 Å². The van der Waals surface area contributed by atoms with Gasteiger partial charge >= 0.3 is 0 Å². The zero-order chi connectivity index (χ0) is 13.2. The van der Waals surface area contributed by atoms with Crippen molar-refractivity contribution in [3.8, 4) is 0 Å². The summed E-state index contributed by atoms with van der Waals surface area (Å²) in [6, 6.07) is 1.43. The Labute approximate surface area is 106 Å². The number of aryl methyl sites for hydroxylation is 1. The maximum atomic E-state index is 11.9. The van der Waals surface area contributed by atoms with Gasteiger partial charge in [0.05, 0.1) is 0 Å². The molecule has 0 saturated heterocycles. The van der Waals surface area contributed by atoms with Gasteiger partial charge in [-0.1, -0.05) is 0 Å². The molecule has 0 unspecified atom stereocenters. The molecule has 0 aromatic carbocycles. The Bertz CT molecular complexity index is 503. The van der Waals surface area contributed by atoms with Gasteiger partial charge < -0.3 is 16.0 Å². The van der Waals surface area contributed by atoms with Gasteiger partial charge in [-0.05, 0) is 38.1 Å². The van der Waals surface area contributed by atoms with Crippen molar-refractivity contribution >= 4 is 5.91 Å². The lowest BCUT2D eigenvalue weighted by Crippen LogP contribution is -2.34. The van der Waals surface area contributed by atoms with Crippen molar-refractivity contribution in [3.05, 3.63) is 33.7 Å². The summed E-state index contributed by atoms with van der Waals surface area (Å²) >= 11 is 0. The van der Waals surface area contributed by atoms with Crippen LogP contribution in [-0.4, -0.2) is 24.0 Å². The van der Waals surface area contributed by atoms with Gasteiger partial charge in [0, 0.05) is 24.5 Å². The van der Waals surface area contributed by atoms with Crippen LogP contribution in [0, 0.1) is 12.3 Å². The predicted molar refractivity (Wildman–Crippen MR) is 69.5 cm³/mol. The SMILES string of the molecule is Cc1cc(=O)c(C(=O)NCC2(CCN)CC2)c[nH]1. The highest BCUT2D eigenvalue weighted by atomic mass is 16.2. The van der Waals surface area contributed by atoms with E-state index < -0.39 is 0 Å². The summed E-state index contributed by atoms with van der Waals surface area (Å²) in [6.45, 7) is 3.03. The van der Waals surface area contributed by atoms with Gasteiger partial charge in [0.25, 0.3) is 5.91 Å². The first-order valence-corrected chi connectivity index (χ1v) is 6.24. The van der Waals surface area contributed by atoms with Gasteiger partial charge in [0.1, 0.15) is 5.56 Å². The van der Waals surface area contributed by atoms with Crippen molar-refractivity contribution in [2.45, 2.75) is 26.2 Å². The monoisotopic (exact) mass is 249 g/mol. The molecule has 1 heterocycles. The summed E-state index contributed by atoms with van der Waals surface area (Å²) in [5, 5.41) is 2.83. The molecule has 4 N–H and O–H groups in total. The number of carbonyl (C=O) groups excluding carboxylic acids is 1. The minimum atomic E-state index is -0.306. The number of aromatic nitrogens is 1. The van der Waals surface area contributed by atoms with Gasteiger partial charge in [-0.3, -0.25) is 9.59 Å². The van der Waals surface area contributed by atoms with Crippen molar-refractivity contribution in [2.24, 2.45) is 11.1 Å². The third-order valence-electron chi connectivity index (χ3n) is 3.56. The Hall–Kier alpha value is -1.62. The molecule has 1 saturated carbocycles. The molecular formula is C13H19N3O2. The highest BCUT2D eigenvalue weighted by Crippen LogP contribution is 2.47. The lowest BCUT2D eigenvalue weighted by atomic mass is 10.0. The first-order chi connectivity index (χ1) is 8.56. The standard InChI is InChI=1S/C13H19N3O2/c1-9-6-11(17)10(7-15-9)12(18)16-8-13(2-3-13)4-5-14/h6-7H,2-5,8,14H2,1H3,(H,15,17)(H,16,18). The van der Waals surface area contributed by atoms with Crippen LogP contribution >= 0.6 is 0 Å². The molecule has 0 bridgehead atoms. The van der Waals surface area contributed by atoms with Crippen LogP contribution in [-0.2, 0) is 0 Å². The fourth-order valence-electron chi connectivity index (χ4n) is 2.11. The van der Waals surface area contributed by atoms with E-state index in [2.05, 4.69) is 10.3 Å². The van der Waals surface area contributed by atoms with E-state index in [1.165, 1.54) is 12.3 Å². The first kappa shape index (κ1) is 12.8. The third kappa shape index (κ3) is 2.79. The maximum absolute atomic E-state index is 11.9. The summed E-state index contributed by atoms with van der Waals surface area (Å²) in [7, 11) is 0. The lowest BCUT2D eigenvalue weighted by Gasteiger charge is -2.14. The van der Waals surface area contributed by atoms with Crippen molar-refractivity contribution in [2.75, 3.05) is 13.1 Å². The molecule has 1 aromatic heterocycles. The van der Waals surface area contributed by atoms with Gasteiger partial charge in [0.15, 0.2) is 5.43 Å². The second kappa shape index (κ2) is 4.94. The normalized spacial score (nSPS) is 16.3. The van der Waals surface area contributed by atoms with E-state index in [-0.39, 0.29) is 22.3 Å². The molecule has 18 heavy (non-hydrogen) atoms. The van der Waals surface area contributed by atoms with Crippen LogP contribution in [0.15, 0.2) is 17.1 Å². The molecule has 1 aliphatic rings.